The predicted octanol–water partition coefficient (Wildman–Crippen LogP) is 14.8. The first-order valence-corrected chi connectivity index (χ1v) is 19.0. The van der Waals surface area contributed by atoms with Crippen LogP contribution in [0.25, 0.3) is 97.0 Å². The van der Waals surface area contributed by atoms with Crippen molar-refractivity contribution in [2.24, 2.45) is 0 Å². The maximum absolute atomic E-state index is 2.52. The molecule has 0 fully saturated rings. The van der Waals surface area contributed by atoms with Gasteiger partial charge in [-0.2, -0.15) is 0 Å². The van der Waals surface area contributed by atoms with Crippen LogP contribution in [0.4, 0.5) is 0 Å². The van der Waals surface area contributed by atoms with Crippen LogP contribution in [0.15, 0.2) is 170 Å². The van der Waals surface area contributed by atoms with Crippen LogP contribution >= 0.6 is 11.3 Å². The van der Waals surface area contributed by atoms with Gasteiger partial charge in [0.1, 0.15) is 0 Å². The summed E-state index contributed by atoms with van der Waals surface area (Å²) in [5, 5.41) is 10.4. The molecule has 244 valence electrons. The molecule has 0 saturated carbocycles. The molecule has 10 aromatic rings. The van der Waals surface area contributed by atoms with Gasteiger partial charge in [-0.1, -0.05) is 159 Å². The highest BCUT2D eigenvalue weighted by molar-refractivity contribution is 7.26. The number of fused-ring (bicyclic) bond motifs is 9. The maximum atomic E-state index is 2.52. The highest BCUT2D eigenvalue weighted by Crippen LogP contribution is 2.58. The first-order chi connectivity index (χ1) is 25.6. The van der Waals surface area contributed by atoms with Gasteiger partial charge < -0.3 is 0 Å². The van der Waals surface area contributed by atoms with Gasteiger partial charge in [0, 0.05) is 31.2 Å². The predicted molar refractivity (Wildman–Crippen MR) is 226 cm³/mol. The molecule has 9 aromatic carbocycles. The molecule has 1 aliphatic rings. The van der Waals surface area contributed by atoms with Gasteiger partial charge in [0.2, 0.25) is 0 Å². The van der Waals surface area contributed by atoms with Gasteiger partial charge in [-0.25, -0.2) is 0 Å². The lowest BCUT2D eigenvalue weighted by Gasteiger charge is -2.23. The number of hydrogen-bond acceptors (Lipinski definition) is 1. The third-order valence-corrected chi connectivity index (χ3v) is 12.8. The van der Waals surface area contributed by atoms with E-state index in [1.807, 2.05) is 11.3 Å². The molecule has 52 heavy (non-hydrogen) atoms. The third kappa shape index (κ3) is 4.15. The fraction of sp³-hybridized carbons (Fsp3) is 0.0588. The van der Waals surface area contributed by atoms with Crippen molar-refractivity contribution in [3.63, 3.8) is 0 Å². The van der Waals surface area contributed by atoms with Gasteiger partial charge in [0.25, 0.3) is 0 Å². The van der Waals surface area contributed by atoms with Gasteiger partial charge >= 0.3 is 0 Å². The normalized spacial score (nSPS) is 13.3. The second kappa shape index (κ2) is 11.0. The quantitative estimate of drug-likeness (QED) is 0.163. The Labute approximate surface area is 307 Å². The smallest absolute Gasteiger partial charge is 0.0440 e. The van der Waals surface area contributed by atoms with Gasteiger partial charge in [-0.05, 0) is 107 Å². The molecule has 11 rings (SSSR count). The molecule has 0 aliphatic heterocycles. The Morgan fingerprint density at radius 1 is 0.365 bits per heavy atom. The van der Waals surface area contributed by atoms with Gasteiger partial charge in [-0.3, -0.25) is 0 Å². The van der Waals surface area contributed by atoms with Gasteiger partial charge in [0.15, 0.2) is 0 Å². The second-order valence-electron chi connectivity index (χ2n) is 14.8. The summed E-state index contributed by atoms with van der Waals surface area (Å²) in [4.78, 5) is 0. The van der Waals surface area contributed by atoms with Crippen molar-refractivity contribution < 1.29 is 0 Å². The molecule has 0 spiro atoms. The fourth-order valence-corrected chi connectivity index (χ4v) is 10.4. The second-order valence-corrected chi connectivity index (χ2v) is 15.9. The summed E-state index contributed by atoms with van der Waals surface area (Å²) in [7, 11) is 0. The van der Waals surface area contributed by atoms with Crippen molar-refractivity contribution in [1.82, 2.24) is 0 Å². The first-order valence-electron chi connectivity index (χ1n) is 18.2. The molecule has 1 heteroatoms. The van der Waals surface area contributed by atoms with Crippen LogP contribution in [0.5, 0.6) is 0 Å². The van der Waals surface area contributed by atoms with Crippen LogP contribution in [0.1, 0.15) is 25.0 Å². The van der Waals surface area contributed by atoms with Crippen LogP contribution in [-0.4, -0.2) is 0 Å². The van der Waals surface area contributed by atoms with E-state index in [1.54, 1.807) is 0 Å². The minimum Gasteiger partial charge on any atom is -0.135 e. The molecule has 0 radical (unpaired) electrons. The van der Waals surface area contributed by atoms with E-state index in [0.717, 1.165) is 0 Å². The molecule has 0 unspecified atom stereocenters. The summed E-state index contributed by atoms with van der Waals surface area (Å²) < 4.78 is 2.71. The topological polar surface area (TPSA) is 0 Å². The highest BCUT2D eigenvalue weighted by atomic mass is 32.1. The SMILES string of the molecule is CC1(C)c2ccccc2-c2c1cc1c(sc3ccccc31)c2-c1c2ccccc2c(-c2cccc(-c3ccc4ccccc4c3)c2)c2ccccc12. The summed E-state index contributed by atoms with van der Waals surface area (Å²) in [5.41, 5.74) is 13.2. The van der Waals surface area contributed by atoms with Crippen LogP contribution in [0, 0.1) is 0 Å². The number of hydrogen-bond donors (Lipinski definition) is 0. The van der Waals surface area contributed by atoms with Crippen LogP contribution in [0.2, 0.25) is 0 Å². The molecule has 1 aromatic heterocycles. The van der Waals surface area contributed by atoms with E-state index in [9.17, 15) is 0 Å². The zero-order chi connectivity index (χ0) is 34.6. The summed E-state index contributed by atoms with van der Waals surface area (Å²) in [6.07, 6.45) is 0. The van der Waals surface area contributed by atoms with Crippen molar-refractivity contribution in [1.29, 1.82) is 0 Å². The highest BCUT2D eigenvalue weighted by Gasteiger charge is 2.39. The summed E-state index contributed by atoms with van der Waals surface area (Å²) >= 11 is 1.94. The number of benzene rings is 9. The van der Waals surface area contributed by atoms with Crippen LogP contribution in [-0.2, 0) is 5.41 Å². The maximum Gasteiger partial charge on any atom is 0.0440 e. The zero-order valence-electron chi connectivity index (χ0n) is 29.1. The Morgan fingerprint density at radius 2 is 0.962 bits per heavy atom. The minimum absolute atomic E-state index is 0.118. The van der Waals surface area contributed by atoms with E-state index >= 15 is 0 Å². The molecule has 0 atom stereocenters. The van der Waals surface area contributed by atoms with Crippen molar-refractivity contribution in [3.8, 4) is 44.5 Å². The van der Waals surface area contributed by atoms with Crippen LogP contribution in [0.3, 0.4) is 0 Å². The van der Waals surface area contributed by atoms with Crippen molar-refractivity contribution in [3.05, 3.63) is 181 Å². The van der Waals surface area contributed by atoms with Crippen molar-refractivity contribution >= 4 is 63.8 Å². The molecule has 0 N–H and O–H groups in total. The van der Waals surface area contributed by atoms with E-state index in [2.05, 4.69) is 184 Å². The molecule has 0 saturated heterocycles. The average molecular weight is 679 g/mol. The monoisotopic (exact) mass is 678 g/mol. The van der Waals surface area contributed by atoms with Gasteiger partial charge in [0.05, 0.1) is 0 Å². The van der Waals surface area contributed by atoms with Crippen molar-refractivity contribution in [2.75, 3.05) is 0 Å². The summed E-state index contributed by atoms with van der Waals surface area (Å²) in [6.45, 7) is 4.81. The fourth-order valence-electron chi connectivity index (χ4n) is 9.19. The molecule has 1 aliphatic carbocycles. The van der Waals surface area contributed by atoms with Gasteiger partial charge in [-0.15, -0.1) is 11.3 Å². The Kier molecular flexibility index (Phi) is 6.27. The Morgan fingerprint density at radius 3 is 1.73 bits per heavy atom. The first kappa shape index (κ1) is 29.7. The van der Waals surface area contributed by atoms with E-state index in [1.165, 1.54) is 108 Å². The molecule has 1 heterocycles. The van der Waals surface area contributed by atoms with E-state index < -0.39 is 0 Å². The summed E-state index contributed by atoms with van der Waals surface area (Å²) in [6, 6.07) is 63.4. The Hall–Kier alpha value is -6.02. The lowest BCUT2D eigenvalue weighted by atomic mass is 9.80. The molecular formula is C51H34S. The molecular weight excluding hydrogens is 645 g/mol. The largest absolute Gasteiger partial charge is 0.135 e. The van der Waals surface area contributed by atoms with Crippen molar-refractivity contribution in [2.45, 2.75) is 19.3 Å². The minimum atomic E-state index is -0.118. The van der Waals surface area contributed by atoms with E-state index in [-0.39, 0.29) is 5.41 Å². The Bertz CT molecular complexity index is 3040. The van der Waals surface area contributed by atoms with E-state index in [4.69, 9.17) is 0 Å². The number of thiophene rings is 1. The summed E-state index contributed by atoms with van der Waals surface area (Å²) in [5.74, 6) is 0. The average Bonchev–Trinajstić information content (AvgIpc) is 3.68. The molecule has 0 bridgehead atoms. The molecule has 0 amide bonds. The standard InChI is InChI=1S/C51H34S/c1-51(2)43-24-11-9-23-41(43)48-44(51)30-42-36-18-10-12-25-45(36)52-50(42)49(48)47-39-21-7-5-19-37(39)46(38-20-6-8-22-40(38)47)35-17-13-16-33(29-35)34-27-26-31-14-3-4-15-32(31)28-34/h3-30H,1-2H3. The Balaban J connectivity index is 1.26. The third-order valence-electron chi connectivity index (χ3n) is 11.6. The lowest BCUT2D eigenvalue weighted by Crippen LogP contribution is -2.14. The molecule has 0 nitrogen and oxygen atoms in total. The lowest BCUT2D eigenvalue weighted by molar-refractivity contribution is 0.661. The van der Waals surface area contributed by atoms with E-state index in [0.29, 0.717) is 0 Å². The number of rotatable bonds is 3. The van der Waals surface area contributed by atoms with Crippen LogP contribution < -0.4 is 0 Å². The zero-order valence-corrected chi connectivity index (χ0v) is 29.9.